The fourth-order valence-electron chi connectivity index (χ4n) is 3.05. The number of nitrogens with one attached hydrogen (secondary N) is 1. The van der Waals surface area contributed by atoms with Gasteiger partial charge in [-0.1, -0.05) is 33.6 Å². The van der Waals surface area contributed by atoms with Gasteiger partial charge in [-0.2, -0.15) is 0 Å². The van der Waals surface area contributed by atoms with E-state index < -0.39 is 0 Å². The first-order valence-electron chi connectivity index (χ1n) is 7.45. The van der Waals surface area contributed by atoms with Crippen molar-refractivity contribution in [2.75, 3.05) is 6.61 Å². The van der Waals surface area contributed by atoms with Crippen LogP contribution < -0.4 is 5.32 Å². The summed E-state index contributed by atoms with van der Waals surface area (Å²) in [4.78, 5) is 0. The maximum absolute atomic E-state index is 5.79. The predicted molar refractivity (Wildman–Crippen MR) is 72.2 cm³/mol. The van der Waals surface area contributed by atoms with Gasteiger partial charge in [0.05, 0.1) is 6.10 Å². The van der Waals surface area contributed by atoms with Crippen molar-refractivity contribution < 1.29 is 4.74 Å². The minimum absolute atomic E-state index is 0.312. The third-order valence-electron chi connectivity index (χ3n) is 4.79. The van der Waals surface area contributed by atoms with Crippen molar-refractivity contribution >= 4 is 0 Å². The molecule has 0 radical (unpaired) electrons. The van der Waals surface area contributed by atoms with Crippen molar-refractivity contribution in [2.45, 2.75) is 78.0 Å². The van der Waals surface area contributed by atoms with Crippen LogP contribution in [0, 0.1) is 11.3 Å². The van der Waals surface area contributed by atoms with Crippen LogP contribution in [0.3, 0.4) is 0 Å². The van der Waals surface area contributed by atoms with Crippen molar-refractivity contribution in [3.63, 3.8) is 0 Å². The molecule has 0 aromatic rings. The summed E-state index contributed by atoms with van der Waals surface area (Å²) in [5.74, 6) is 1.03. The molecule has 2 saturated carbocycles. The van der Waals surface area contributed by atoms with Gasteiger partial charge in [-0.15, -0.1) is 0 Å². The third kappa shape index (κ3) is 3.03. The van der Waals surface area contributed by atoms with E-state index in [1.807, 2.05) is 0 Å². The number of rotatable bonds is 7. The average molecular weight is 239 g/mol. The average Bonchev–Trinajstić information content (AvgIpc) is 3.10. The standard InChI is InChI=1S/C15H29NO/c1-5-12(9-11-7-8-11)16-13-10-14(17-6-2)15(13,3)4/h11-14,16H,5-10H2,1-4H3. The lowest BCUT2D eigenvalue weighted by atomic mass is 9.64. The SMILES string of the molecule is CCOC1CC(NC(CC)CC2CC2)C1(C)C. The van der Waals surface area contributed by atoms with Crippen molar-refractivity contribution in [3.05, 3.63) is 0 Å². The number of ether oxygens (including phenoxy) is 1. The van der Waals surface area contributed by atoms with Crippen LogP contribution in [0.15, 0.2) is 0 Å². The van der Waals surface area contributed by atoms with E-state index in [9.17, 15) is 0 Å². The molecule has 3 atom stereocenters. The molecule has 0 spiro atoms. The van der Waals surface area contributed by atoms with Crippen LogP contribution in [-0.2, 0) is 4.74 Å². The molecule has 2 aliphatic carbocycles. The summed E-state index contributed by atoms with van der Waals surface area (Å²) in [6, 6.07) is 1.39. The zero-order valence-corrected chi connectivity index (χ0v) is 12.0. The largest absolute Gasteiger partial charge is 0.378 e. The maximum atomic E-state index is 5.79. The minimum Gasteiger partial charge on any atom is -0.378 e. The van der Waals surface area contributed by atoms with Crippen molar-refractivity contribution in [3.8, 4) is 0 Å². The second-order valence-corrected chi connectivity index (χ2v) is 6.50. The van der Waals surface area contributed by atoms with Crippen molar-refractivity contribution in [2.24, 2.45) is 11.3 Å². The van der Waals surface area contributed by atoms with Crippen LogP contribution in [0.1, 0.15) is 59.8 Å². The van der Waals surface area contributed by atoms with Gasteiger partial charge in [0.2, 0.25) is 0 Å². The van der Waals surface area contributed by atoms with Gasteiger partial charge in [-0.05, 0) is 32.1 Å². The van der Waals surface area contributed by atoms with Gasteiger partial charge < -0.3 is 10.1 Å². The summed E-state index contributed by atoms with van der Waals surface area (Å²) >= 11 is 0. The highest BCUT2D eigenvalue weighted by molar-refractivity contribution is 5.03. The Morgan fingerprint density at radius 1 is 1.29 bits per heavy atom. The first-order chi connectivity index (χ1) is 8.07. The van der Waals surface area contributed by atoms with E-state index in [0.29, 0.717) is 17.6 Å². The van der Waals surface area contributed by atoms with E-state index in [2.05, 4.69) is 33.0 Å². The molecular weight excluding hydrogens is 210 g/mol. The number of hydrogen-bond acceptors (Lipinski definition) is 2. The molecule has 0 bridgehead atoms. The zero-order valence-electron chi connectivity index (χ0n) is 12.0. The molecule has 2 heteroatoms. The van der Waals surface area contributed by atoms with Gasteiger partial charge >= 0.3 is 0 Å². The van der Waals surface area contributed by atoms with E-state index in [4.69, 9.17) is 4.74 Å². The van der Waals surface area contributed by atoms with Crippen LogP contribution in [0.25, 0.3) is 0 Å². The van der Waals surface area contributed by atoms with E-state index in [1.54, 1.807) is 0 Å². The van der Waals surface area contributed by atoms with Crippen LogP contribution in [0.2, 0.25) is 0 Å². The molecule has 2 aliphatic rings. The predicted octanol–water partition coefficient (Wildman–Crippen LogP) is 3.36. The second kappa shape index (κ2) is 5.27. The molecule has 0 aromatic heterocycles. The molecule has 0 amide bonds. The Kier molecular flexibility index (Phi) is 4.14. The fourth-order valence-corrected chi connectivity index (χ4v) is 3.05. The summed E-state index contributed by atoms with van der Waals surface area (Å²) in [6.45, 7) is 9.95. The molecule has 2 nitrogen and oxygen atoms in total. The van der Waals surface area contributed by atoms with Crippen LogP contribution in [0.4, 0.5) is 0 Å². The van der Waals surface area contributed by atoms with Gasteiger partial charge in [0.15, 0.2) is 0 Å². The summed E-state index contributed by atoms with van der Waals surface area (Å²) in [7, 11) is 0. The Balaban J connectivity index is 1.78. The van der Waals surface area contributed by atoms with Gasteiger partial charge in [-0.3, -0.25) is 0 Å². The summed E-state index contributed by atoms with van der Waals surface area (Å²) in [6.07, 6.45) is 7.25. The fraction of sp³-hybridized carbons (Fsp3) is 1.00. The van der Waals surface area contributed by atoms with E-state index >= 15 is 0 Å². The monoisotopic (exact) mass is 239 g/mol. The van der Waals surface area contributed by atoms with E-state index in [1.165, 1.54) is 32.1 Å². The Labute approximate surface area is 107 Å². The van der Waals surface area contributed by atoms with E-state index in [0.717, 1.165) is 18.6 Å². The van der Waals surface area contributed by atoms with Crippen molar-refractivity contribution in [1.82, 2.24) is 5.32 Å². The Morgan fingerprint density at radius 3 is 2.47 bits per heavy atom. The summed E-state index contributed by atoms with van der Waals surface area (Å²) in [5, 5.41) is 3.87. The number of hydrogen-bond donors (Lipinski definition) is 1. The Hall–Kier alpha value is -0.0800. The highest BCUT2D eigenvalue weighted by Crippen LogP contribution is 2.43. The minimum atomic E-state index is 0.312. The smallest absolute Gasteiger partial charge is 0.0655 e. The Morgan fingerprint density at radius 2 is 2.00 bits per heavy atom. The first kappa shape index (κ1) is 13.4. The van der Waals surface area contributed by atoms with E-state index in [-0.39, 0.29) is 0 Å². The quantitative estimate of drug-likeness (QED) is 0.735. The lowest BCUT2D eigenvalue weighted by molar-refractivity contribution is -0.116. The molecule has 1 N–H and O–H groups in total. The van der Waals surface area contributed by atoms with Gasteiger partial charge in [0.25, 0.3) is 0 Å². The van der Waals surface area contributed by atoms with Gasteiger partial charge in [0.1, 0.15) is 0 Å². The molecule has 0 aromatic carbocycles. The third-order valence-corrected chi connectivity index (χ3v) is 4.79. The highest BCUT2D eigenvalue weighted by Gasteiger charge is 2.49. The van der Waals surface area contributed by atoms with Crippen molar-refractivity contribution in [1.29, 1.82) is 0 Å². The lowest BCUT2D eigenvalue weighted by Crippen LogP contribution is -2.62. The molecule has 0 aliphatic heterocycles. The normalized spacial score (nSPS) is 33.2. The lowest BCUT2D eigenvalue weighted by Gasteiger charge is -2.53. The molecule has 3 unspecified atom stereocenters. The summed E-state index contributed by atoms with van der Waals surface area (Å²) in [5.41, 5.74) is 0.312. The second-order valence-electron chi connectivity index (χ2n) is 6.50. The highest BCUT2D eigenvalue weighted by atomic mass is 16.5. The molecule has 0 saturated heterocycles. The molecule has 100 valence electrons. The van der Waals surface area contributed by atoms with Crippen LogP contribution >= 0.6 is 0 Å². The topological polar surface area (TPSA) is 21.3 Å². The molecule has 2 fully saturated rings. The van der Waals surface area contributed by atoms with Gasteiger partial charge in [-0.25, -0.2) is 0 Å². The summed E-state index contributed by atoms with van der Waals surface area (Å²) < 4.78 is 5.79. The molecule has 17 heavy (non-hydrogen) atoms. The van der Waals surface area contributed by atoms with Crippen LogP contribution in [0.5, 0.6) is 0 Å². The molecule has 0 heterocycles. The zero-order chi connectivity index (χ0) is 12.5. The maximum Gasteiger partial charge on any atom is 0.0655 e. The van der Waals surface area contributed by atoms with Gasteiger partial charge in [0, 0.05) is 24.1 Å². The van der Waals surface area contributed by atoms with Crippen LogP contribution in [-0.4, -0.2) is 24.8 Å². The Bertz CT molecular complexity index is 247. The first-order valence-corrected chi connectivity index (χ1v) is 7.45. The molecular formula is C15H29NO. The molecule has 2 rings (SSSR count).